The molecule has 0 aliphatic carbocycles. The number of rotatable bonds is 3. The number of nitrogens with one attached hydrogen (secondary N) is 1. The number of anilines is 1. The van der Waals surface area contributed by atoms with Crippen molar-refractivity contribution in [2.75, 3.05) is 31.1 Å². The molecule has 1 saturated heterocycles. The monoisotopic (exact) mass is 270 g/mol. The average molecular weight is 271 g/mol. The number of aromatic nitrogens is 2. The highest BCUT2D eigenvalue weighted by atomic mass is 35.5. The molecule has 98 valence electrons. The number of ether oxygens (including phenoxy) is 1. The zero-order chi connectivity index (χ0) is 13.0. The molecule has 1 fully saturated rings. The minimum atomic E-state index is -0.367. The zero-order valence-corrected chi connectivity index (χ0v) is 10.9. The van der Waals surface area contributed by atoms with Gasteiger partial charge >= 0.3 is 5.97 Å². The maximum absolute atomic E-state index is 11.9. The van der Waals surface area contributed by atoms with E-state index in [1.165, 1.54) is 0 Å². The molecule has 18 heavy (non-hydrogen) atoms. The van der Waals surface area contributed by atoms with Gasteiger partial charge in [-0.15, -0.1) is 10.2 Å². The minimum absolute atomic E-state index is 0.249. The third kappa shape index (κ3) is 2.88. The summed E-state index contributed by atoms with van der Waals surface area (Å²) in [4.78, 5) is 13.8. The Balaban J connectivity index is 2.17. The Hall–Kier alpha value is -1.40. The number of piperazine rings is 1. The molecule has 0 spiro atoms. The number of carbonyl (C=O) groups excluding carboxylic acids is 1. The van der Waals surface area contributed by atoms with Crippen LogP contribution in [0.15, 0.2) is 12.1 Å². The van der Waals surface area contributed by atoms with Crippen LogP contribution >= 0.6 is 11.6 Å². The van der Waals surface area contributed by atoms with Gasteiger partial charge < -0.3 is 15.0 Å². The minimum Gasteiger partial charge on any atom is -0.464 e. The number of hydrogen-bond donors (Lipinski definition) is 1. The Morgan fingerprint density at radius 2 is 2.44 bits per heavy atom. The summed E-state index contributed by atoms with van der Waals surface area (Å²) in [5, 5.41) is 11.3. The highest BCUT2D eigenvalue weighted by Crippen LogP contribution is 2.17. The fourth-order valence-corrected chi connectivity index (χ4v) is 1.99. The summed E-state index contributed by atoms with van der Waals surface area (Å²) in [5.41, 5.74) is 0. The van der Waals surface area contributed by atoms with Gasteiger partial charge in [-0.05, 0) is 19.1 Å². The normalized spacial score (nSPS) is 19.7. The fourth-order valence-electron chi connectivity index (χ4n) is 1.89. The van der Waals surface area contributed by atoms with Crippen molar-refractivity contribution in [2.24, 2.45) is 0 Å². The third-order valence-corrected chi connectivity index (χ3v) is 2.92. The van der Waals surface area contributed by atoms with E-state index in [0.717, 1.165) is 6.54 Å². The van der Waals surface area contributed by atoms with Crippen molar-refractivity contribution in [2.45, 2.75) is 13.0 Å². The summed E-state index contributed by atoms with van der Waals surface area (Å²) in [5.74, 6) is 0.389. The van der Waals surface area contributed by atoms with E-state index < -0.39 is 0 Å². The molecule has 1 aromatic heterocycles. The van der Waals surface area contributed by atoms with Crippen molar-refractivity contribution in [3.8, 4) is 0 Å². The van der Waals surface area contributed by atoms with E-state index in [0.29, 0.717) is 30.7 Å². The van der Waals surface area contributed by atoms with E-state index in [9.17, 15) is 4.79 Å². The first-order valence-electron chi connectivity index (χ1n) is 5.85. The van der Waals surface area contributed by atoms with Gasteiger partial charge in [-0.25, -0.2) is 4.79 Å². The second kappa shape index (κ2) is 5.97. The number of nitrogens with zero attached hydrogens (tertiary/aromatic N) is 3. The van der Waals surface area contributed by atoms with Gasteiger partial charge in [0.1, 0.15) is 6.04 Å². The molecule has 2 rings (SSSR count). The van der Waals surface area contributed by atoms with Crippen molar-refractivity contribution in [3.05, 3.63) is 17.3 Å². The summed E-state index contributed by atoms with van der Waals surface area (Å²) >= 11 is 5.70. The smallest absolute Gasteiger partial charge is 0.330 e. The van der Waals surface area contributed by atoms with Gasteiger partial charge in [-0.2, -0.15) is 0 Å². The molecule has 1 unspecified atom stereocenters. The first-order valence-corrected chi connectivity index (χ1v) is 6.23. The van der Waals surface area contributed by atoms with Crippen LogP contribution in [0.4, 0.5) is 5.82 Å². The summed E-state index contributed by atoms with van der Waals surface area (Å²) in [7, 11) is 0. The molecule has 6 nitrogen and oxygen atoms in total. The number of carbonyl (C=O) groups is 1. The lowest BCUT2D eigenvalue weighted by Crippen LogP contribution is -2.56. The topological polar surface area (TPSA) is 67.3 Å². The number of hydrogen-bond acceptors (Lipinski definition) is 6. The predicted octanol–water partition coefficient (Wildman–Crippen LogP) is 0.471. The van der Waals surface area contributed by atoms with Crippen molar-refractivity contribution in [1.29, 1.82) is 0 Å². The highest BCUT2D eigenvalue weighted by molar-refractivity contribution is 6.29. The van der Waals surface area contributed by atoms with E-state index in [4.69, 9.17) is 16.3 Å². The van der Waals surface area contributed by atoms with Gasteiger partial charge in [-0.1, -0.05) is 11.6 Å². The standard InChI is InChI=1S/C11H15ClN4O2/c1-2-18-11(17)8-7-13-5-6-16(8)10-4-3-9(12)14-15-10/h3-4,8,13H,2,5-7H2,1H3. The van der Waals surface area contributed by atoms with Gasteiger partial charge in [0, 0.05) is 19.6 Å². The Morgan fingerprint density at radius 3 is 3.11 bits per heavy atom. The van der Waals surface area contributed by atoms with Crippen LogP contribution in [0, 0.1) is 0 Å². The third-order valence-electron chi connectivity index (χ3n) is 2.71. The first-order chi connectivity index (χ1) is 8.72. The second-order valence-electron chi connectivity index (χ2n) is 3.88. The van der Waals surface area contributed by atoms with E-state index >= 15 is 0 Å². The van der Waals surface area contributed by atoms with Crippen LogP contribution in [0.5, 0.6) is 0 Å². The molecule has 0 amide bonds. The van der Waals surface area contributed by atoms with Crippen LogP contribution in [0.1, 0.15) is 6.92 Å². The molecule has 0 radical (unpaired) electrons. The molecule has 0 saturated carbocycles. The van der Waals surface area contributed by atoms with Gasteiger partial charge in [0.25, 0.3) is 0 Å². The first kappa shape index (κ1) is 13.0. The van der Waals surface area contributed by atoms with E-state index in [2.05, 4.69) is 15.5 Å². The Labute approximate surface area is 110 Å². The molecule has 0 aromatic carbocycles. The highest BCUT2D eigenvalue weighted by Gasteiger charge is 2.30. The summed E-state index contributed by atoms with van der Waals surface area (Å²) < 4.78 is 5.06. The van der Waals surface area contributed by atoms with Crippen LogP contribution in [-0.2, 0) is 9.53 Å². The van der Waals surface area contributed by atoms with Crippen molar-refractivity contribution in [1.82, 2.24) is 15.5 Å². The molecular weight excluding hydrogens is 256 g/mol. The molecule has 1 N–H and O–H groups in total. The lowest BCUT2D eigenvalue weighted by Gasteiger charge is -2.34. The Bertz CT molecular complexity index is 412. The molecule has 1 aliphatic rings. The molecule has 7 heteroatoms. The number of esters is 1. The van der Waals surface area contributed by atoms with Gasteiger partial charge in [0.2, 0.25) is 0 Å². The summed E-state index contributed by atoms with van der Waals surface area (Å²) in [6, 6.07) is 3.05. The molecule has 0 bridgehead atoms. The van der Waals surface area contributed by atoms with Crippen LogP contribution in [0.2, 0.25) is 5.15 Å². The summed E-state index contributed by atoms with van der Waals surface area (Å²) in [6.07, 6.45) is 0. The lowest BCUT2D eigenvalue weighted by molar-refractivity contribution is -0.144. The van der Waals surface area contributed by atoms with Gasteiger partial charge in [0.15, 0.2) is 11.0 Å². The van der Waals surface area contributed by atoms with Crippen molar-refractivity contribution >= 4 is 23.4 Å². The van der Waals surface area contributed by atoms with E-state index in [-0.39, 0.29) is 12.0 Å². The molecule has 1 atom stereocenters. The fraction of sp³-hybridized carbons (Fsp3) is 0.545. The number of halogens is 1. The Morgan fingerprint density at radius 1 is 1.61 bits per heavy atom. The molecule has 1 aliphatic heterocycles. The molecule has 1 aromatic rings. The Kier molecular flexibility index (Phi) is 4.33. The average Bonchev–Trinajstić information content (AvgIpc) is 2.40. The maximum atomic E-state index is 11.9. The lowest BCUT2D eigenvalue weighted by atomic mass is 10.2. The quantitative estimate of drug-likeness (QED) is 0.806. The maximum Gasteiger partial charge on any atom is 0.330 e. The second-order valence-corrected chi connectivity index (χ2v) is 4.27. The van der Waals surface area contributed by atoms with Crippen LogP contribution in [-0.4, -0.2) is 48.4 Å². The summed E-state index contributed by atoms with van der Waals surface area (Å²) in [6.45, 7) is 4.18. The van der Waals surface area contributed by atoms with Crippen molar-refractivity contribution in [3.63, 3.8) is 0 Å². The zero-order valence-electron chi connectivity index (χ0n) is 10.1. The predicted molar refractivity (Wildman–Crippen MR) is 67.7 cm³/mol. The van der Waals surface area contributed by atoms with Crippen molar-refractivity contribution < 1.29 is 9.53 Å². The van der Waals surface area contributed by atoms with Crippen LogP contribution < -0.4 is 10.2 Å². The van der Waals surface area contributed by atoms with E-state index in [1.54, 1.807) is 19.1 Å². The van der Waals surface area contributed by atoms with Crippen LogP contribution in [0.3, 0.4) is 0 Å². The van der Waals surface area contributed by atoms with Crippen LogP contribution in [0.25, 0.3) is 0 Å². The SMILES string of the molecule is CCOC(=O)C1CNCCN1c1ccc(Cl)nn1. The van der Waals surface area contributed by atoms with Gasteiger partial charge in [0.05, 0.1) is 6.61 Å². The largest absolute Gasteiger partial charge is 0.464 e. The molecule has 2 heterocycles. The van der Waals surface area contributed by atoms with E-state index in [1.807, 2.05) is 4.90 Å². The molecular formula is C11H15ClN4O2. The van der Waals surface area contributed by atoms with Gasteiger partial charge in [-0.3, -0.25) is 0 Å².